The third kappa shape index (κ3) is 6.19. The number of aliphatic hydroxyl groups is 1. The maximum Gasteiger partial charge on any atom is 0.417 e. The van der Waals surface area contributed by atoms with Gasteiger partial charge in [0.25, 0.3) is 5.91 Å². The molecule has 5 rings (SSSR count). The Morgan fingerprint density at radius 1 is 1.14 bits per heavy atom. The van der Waals surface area contributed by atoms with Crippen LogP contribution in [0.3, 0.4) is 0 Å². The summed E-state index contributed by atoms with van der Waals surface area (Å²) in [6.07, 6.45) is -2.05. The van der Waals surface area contributed by atoms with Crippen LogP contribution in [0.2, 0.25) is 5.02 Å². The van der Waals surface area contributed by atoms with Crippen molar-refractivity contribution in [2.75, 3.05) is 13.7 Å². The van der Waals surface area contributed by atoms with Crippen LogP contribution in [0.15, 0.2) is 54.7 Å². The lowest BCUT2D eigenvalue weighted by Crippen LogP contribution is -2.30. The second-order valence-corrected chi connectivity index (χ2v) is 11.3. The van der Waals surface area contributed by atoms with Crippen molar-refractivity contribution in [2.45, 2.75) is 44.4 Å². The monoisotopic (exact) mass is 601 g/mol. The highest BCUT2D eigenvalue weighted by Gasteiger charge is 2.36. The van der Waals surface area contributed by atoms with Gasteiger partial charge >= 0.3 is 6.18 Å². The molecule has 2 aromatic heterocycles. The van der Waals surface area contributed by atoms with Crippen LogP contribution in [0, 0.1) is 11.7 Å². The Hall–Kier alpha value is -3.76. The number of fused-ring (bicyclic) bond motifs is 1. The minimum absolute atomic E-state index is 0.114. The maximum atomic E-state index is 13.6. The molecule has 4 aromatic rings. The number of hydrogen-bond acceptors (Lipinski definition) is 5. The Morgan fingerprint density at radius 2 is 1.83 bits per heavy atom. The zero-order valence-electron chi connectivity index (χ0n) is 23.0. The van der Waals surface area contributed by atoms with E-state index in [-0.39, 0.29) is 45.6 Å². The number of amides is 1. The summed E-state index contributed by atoms with van der Waals surface area (Å²) < 4.78 is 58.8. The van der Waals surface area contributed by atoms with Crippen LogP contribution in [0.1, 0.15) is 59.8 Å². The van der Waals surface area contributed by atoms with E-state index in [1.165, 1.54) is 31.4 Å². The van der Waals surface area contributed by atoms with Crippen LogP contribution in [0.5, 0.6) is 5.75 Å². The van der Waals surface area contributed by atoms with Gasteiger partial charge in [0.2, 0.25) is 0 Å². The fourth-order valence-electron chi connectivity index (χ4n) is 4.96. The van der Waals surface area contributed by atoms with Crippen molar-refractivity contribution < 1.29 is 32.2 Å². The molecule has 0 saturated heterocycles. The molecule has 6 nitrogen and oxygen atoms in total. The molecule has 0 radical (unpaired) electrons. The predicted molar refractivity (Wildman–Crippen MR) is 151 cm³/mol. The SMILES string of the molecule is COc1cc(C(=O)NCC(c2cc(C(C)(C)O)c(Cl)c(-c3ccc(F)cc3)n2)C2CC2)cc2cc(C(F)(F)F)cnc12. The fourth-order valence-corrected chi connectivity index (χ4v) is 5.39. The van der Waals surface area contributed by atoms with Crippen LogP contribution < -0.4 is 10.1 Å². The first-order valence-electron chi connectivity index (χ1n) is 13.3. The van der Waals surface area contributed by atoms with E-state index in [1.54, 1.807) is 32.0 Å². The third-order valence-electron chi connectivity index (χ3n) is 7.37. The lowest BCUT2D eigenvalue weighted by molar-refractivity contribution is -0.137. The summed E-state index contributed by atoms with van der Waals surface area (Å²) in [6.45, 7) is 3.38. The van der Waals surface area contributed by atoms with Gasteiger partial charge in [0.05, 0.1) is 29.0 Å². The number of ether oxygens (including phenoxy) is 1. The van der Waals surface area contributed by atoms with Crippen LogP contribution in [-0.4, -0.2) is 34.6 Å². The molecule has 220 valence electrons. The molecule has 1 saturated carbocycles. The summed E-state index contributed by atoms with van der Waals surface area (Å²) in [4.78, 5) is 22.0. The number of aromatic nitrogens is 2. The van der Waals surface area contributed by atoms with Crippen LogP contribution in [0.25, 0.3) is 22.2 Å². The molecule has 2 heterocycles. The quantitative estimate of drug-likeness (QED) is 0.208. The third-order valence-corrected chi connectivity index (χ3v) is 7.75. The summed E-state index contributed by atoms with van der Waals surface area (Å²) in [6, 6.07) is 11.2. The molecule has 2 aromatic carbocycles. The summed E-state index contributed by atoms with van der Waals surface area (Å²) in [5.41, 5.74) is 0.0754. The van der Waals surface area contributed by atoms with Crippen LogP contribution >= 0.6 is 11.6 Å². The van der Waals surface area contributed by atoms with Gasteiger partial charge in [-0.25, -0.2) is 4.39 Å². The second-order valence-electron chi connectivity index (χ2n) is 10.9. The van der Waals surface area contributed by atoms with Crippen molar-refractivity contribution >= 4 is 28.4 Å². The number of nitrogens with one attached hydrogen (secondary N) is 1. The van der Waals surface area contributed by atoms with Crippen molar-refractivity contribution in [2.24, 2.45) is 5.92 Å². The molecule has 0 bridgehead atoms. The number of alkyl halides is 3. The molecule has 1 unspecified atom stereocenters. The van der Waals surface area contributed by atoms with Crippen molar-refractivity contribution in [3.63, 3.8) is 0 Å². The van der Waals surface area contributed by atoms with E-state index in [0.717, 1.165) is 25.1 Å². The number of nitrogens with zero attached hydrogens (tertiary/aromatic N) is 2. The first kappa shape index (κ1) is 29.7. The van der Waals surface area contributed by atoms with Crippen molar-refractivity contribution in [3.05, 3.63) is 88.0 Å². The number of benzene rings is 2. The lowest BCUT2D eigenvalue weighted by Gasteiger charge is -2.25. The van der Waals surface area contributed by atoms with Gasteiger partial charge in [0.1, 0.15) is 17.1 Å². The van der Waals surface area contributed by atoms with Crippen LogP contribution in [-0.2, 0) is 11.8 Å². The number of pyridine rings is 2. The van der Waals surface area contributed by atoms with E-state index in [2.05, 4.69) is 10.3 Å². The zero-order chi connectivity index (χ0) is 30.4. The summed E-state index contributed by atoms with van der Waals surface area (Å²) in [5.74, 6) is -0.785. The molecule has 1 amide bonds. The average Bonchev–Trinajstić information content (AvgIpc) is 3.77. The minimum Gasteiger partial charge on any atom is -0.494 e. The molecule has 0 spiro atoms. The Labute approximate surface area is 244 Å². The van der Waals surface area contributed by atoms with E-state index < -0.39 is 29.1 Å². The van der Waals surface area contributed by atoms with Gasteiger partial charge in [-0.3, -0.25) is 14.8 Å². The number of rotatable bonds is 8. The van der Waals surface area contributed by atoms with Crippen molar-refractivity contribution in [1.82, 2.24) is 15.3 Å². The van der Waals surface area contributed by atoms with E-state index >= 15 is 0 Å². The Kier molecular flexibility index (Phi) is 7.89. The van der Waals surface area contributed by atoms with Crippen LogP contribution in [0.4, 0.5) is 17.6 Å². The number of carbonyl (C=O) groups is 1. The highest BCUT2D eigenvalue weighted by molar-refractivity contribution is 6.34. The number of carbonyl (C=O) groups excluding carboxylic acids is 1. The van der Waals surface area contributed by atoms with E-state index in [9.17, 15) is 27.5 Å². The van der Waals surface area contributed by atoms with Crippen molar-refractivity contribution in [1.29, 1.82) is 0 Å². The van der Waals surface area contributed by atoms with Gasteiger partial charge in [-0.1, -0.05) is 11.6 Å². The van der Waals surface area contributed by atoms with Gasteiger partial charge in [0, 0.05) is 46.4 Å². The molecule has 1 fully saturated rings. The highest BCUT2D eigenvalue weighted by atomic mass is 35.5. The summed E-state index contributed by atoms with van der Waals surface area (Å²) in [7, 11) is 1.35. The maximum absolute atomic E-state index is 13.6. The Morgan fingerprint density at radius 3 is 2.43 bits per heavy atom. The van der Waals surface area contributed by atoms with Gasteiger partial charge in [-0.2, -0.15) is 13.2 Å². The molecule has 2 N–H and O–H groups in total. The summed E-state index contributed by atoms with van der Waals surface area (Å²) in [5, 5.41) is 14.1. The van der Waals surface area contributed by atoms with E-state index in [4.69, 9.17) is 21.3 Å². The smallest absolute Gasteiger partial charge is 0.417 e. The minimum atomic E-state index is -4.59. The molecular formula is C31H28ClF4N3O3. The Balaban J connectivity index is 1.48. The molecular weight excluding hydrogens is 574 g/mol. The standard InChI is InChI=1S/C31H28ClF4N3O3/c1-30(2,41)23-13-24(39-28(26(23)32)17-6-8-21(33)9-7-17)22(16-4-5-16)15-38-29(40)19-10-18-11-20(31(34,35)36)14-37-27(18)25(12-19)42-3/h6-14,16,22,41H,4-5,15H2,1-3H3,(H,38,40). The summed E-state index contributed by atoms with van der Waals surface area (Å²) >= 11 is 6.69. The van der Waals surface area contributed by atoms with Gasteiger partial charge in [-0.15, -0.1) is 0 Å². The van der Waals surface area contributed by atoms with Gasteiger partial charge in [-0.05, 0) is 81.1 Å². The normalized spacial score (nSPS) is 14.6. The second kappa shape index (κ2) is 11.1. The average molecular weight is 602 g/mol. The highest BCUT2D eigenvalue weighted by Crippen LogP contribution is 2.44. The zero-order valence-corrected chi connectivity index (χ0v) is 23.8. The number of halogens is 5. The number of hydrogen-bond donors (Lipinski definition) is 2. The fraction of sp³-hybridized carbons (Fsp3) is 0.323. The van der Waals surface area contributed by atoms with E-state index in [1.807, 2.05) is 0 Å². The lowest BCUT2D eigenvalue weighted by atomic mass is 9.91. The first-order valence-corrected chi connectivity index (χ1v) is 13.7. The molecule has 11 heteroatoms. The topological polar surface area (TPSA) is 84.3 Å². The first-order chi connectivity index (χ1) is 19.8. The molecule has 0 aliphatic heterocycles. The van der Waals surface area contributed by atoms with Crippen molar-refractivity contribution in [3.8, 4) is 17.0 Å². The van der Waals surface area contributed by atoms with E-state index in [0.29, 0.717) is 22.5 Å². The molecule has 42 heavy (non-hydrogen) atoms. The van der Waals surface area contributed by atoms with Gasteiger partial charge in [0.15, 0.2) is 0 Å². The molecule has 1 aliphatic rings. The molecule has 1 aliphatic carbocycles. The molecule has 1 atom stereocenters. The predicted octanol–water partition coefficient (Wildman–Crippen LogP) is 7.27. The van der Waals surface area contributed by atoms with Gasteiger partial charge < -0.3 is 15.2 Å². The Bertz CT molecular complexity index is 1650. The number of methoxy groups -OCH3 is 1. The largest absolute Gasteiger partial charge is 0.494 e.